The Balaban J connectivity index is 1.89. The normalized spacial score (nSPS) is 14.6. The second kappa shape index (κ2) is 6.64. The Kier molecular flexibility index (Phi) is 4.31. The molecule has 26 heavy (non-hydrogen) atoms. The highest BCUT2D eigenvalue weighted by Gasteiger charge is 2.28. The van der Waals surface area contributed by atoms with Crippen molar-refractivity contribution >= 4 is 16.8 Å². The monoisotopic (exact) mass is 346 g/mol. The molecule has 1 aliphatic rings. The number of fused-ring (bicyclic) bond motifs is 3. The highest BCUT2D eigenvalue weighted by atomic mass is 16.2. The summed E-state index contributed by atoms with van der Waals surface area (Å²) < 4.78 is 2.29. The lowest BCUT2D eigenvalue weighted by atomic mass is 10.0. The van der Waals surface area contributed by atoms with E-state index in [1.165, 1.54) is 33.2 Å². The highest BCUT2D eigenvalue weighted by Crippen LogP contribution is 2.33. The lowest BCUT2D eigenvalue weighted by Crippen LogP contribution is -2.28. The lowest BCUT2D eigenvalue weighted by molar-refractivity contribution is 0.0790. The first-order valence-corrected chi connectivity index (χ1v) is 9.48. The van der Waals surface area contributed by atoms with Gasteiger partial charge in [-0.15, -0.1) is 0 Å². The molecule has 2 aromatic carbocycles. The van der Waals surface area contributed by atoms with E-state index in [2.05, 4.69) is 54.8 Å². The van der Waals surface area contributed by atoms with Crippen LogP contribution in [0.15, 0.2) is 42.5 Å². The predicted molar refractivity (Wildman–Crippen MR) is 107 cm³/mol. The quantitative estimate of drug-likeness (QED) is 0.684. The van der Waals surface area contributed by atoms with E-state index in [0.29, 0.717) is 0 Å². The van der Waals surface area contributed by atoms with E-state index in [9.17, 15) is 4.79 Å². The fourth-order valence-electron chi connectivity index (χ4n) is 4.33. The van der Waals surface area contributed by atoms with Gasteiger partial charge in [-0.05, 0) is 55.9 Å². The van der Waals surface area contributed by atoms with Crippen molar-refractivity contribution < 1.29 is 4.79 Å². The van der Waals surface area contributed by atoms with Crippen LogP contribution in [0.1, 0.15) is 39.2 Å². The van der Waals surface area contributed by atoms with E-state index in [0.717, 1.165) is 38.0 Å². The van der Waals surface area contributed by atoms with E-state index >= 15 is 0 Å². The second-order valence-corrected chi connectivity index (χ2v) is 7.52. The Hall–Kier alpha value is -2.55. The molecule has 0 N–H and O–H groups in total. The topological polar surface area (TPSA) is 25.2 Å². The summed E-state index contributed by atoms with van der Waals surface area (Å²) in [5.41, 5.74) is 7.22. The summed E-state index contributed by atoms with van der Waals surface area (Å²) in [5.74, 6) is 0.166. The Morgan fingerprint density at radius 3 is 2.62 bits per heavy atom. The molecule has 3 aromatic rings. The van der Waals surface area contributed by atoms with Gasteiger partial charge >= 0.3 is 0 Å². The Labute approximate surface area is 155 Å². The second-order valence-electron chi connectivity index (χ2n) is 7.52. The van der Waals surface area contributed by atoms with Crippen LogP contribution in [0, 0.1) is 13.8 Å². The number of amides is 1. The van der Waals surface area contributed by atoms with Gasteiger partial charge in [0.1, 0.15) is 5.69 Å². The molecule has 3 heteroatoms. The Morgan fingerprint density at radius 2 is 1.85 bits per heavy atom. The summed E-state index contributed by atoms with van der Waals surface area (Å²) in [6, 6.07) is 15.0. The summed E-state index contributed by atoms with van der Waals surface area (Å²) in [6.07, 6.45) is 2.94. The third-order valence-electron chi connectivity index (χ3n) is 5.53. The minimum absolute atomic E-state index is 0.166. The van der Waals surface area contributed by atoms with Gasteiger partial charge in [0.05, 0.1) is 5.52 Å². The van der Waals surface area contributed by atoms with Crippen LogP contribution in [0.3, 0.4) is 0 Å². The van der Waals surface area contributed by atoms with Crippen molar-refractivity contribution in [3.05, 3.63) is 70.4 Å². The van der Waals surface area contributed by atoms with Crippen LogP contribution in [-0.2, 0) is 19.4 Å². The SMILES string of the molecule is Cc1cc(C)c2c(c1)c1c(n2CCc2ccccc2)C(=O)N(C)CCC1. The number of nitrogens with zero attached hydrogens (tertiary/aromatic N) is 2. The maximum atomic E-state index is 13.1. The molecule has 0 radical (unpaired) electrons. The van der Waals surface area contributed by atoms with Crippen LogP contribution in [0.4, 0.5) is 0 Å². The van der Waals surface area contributed by atoms with E-state index in [1.54, 1.807) is 0 Å². The van der Waals surface area contributed by atoms with Crippen molar-refractivity contribution in [2.75, 3.05) is 13.6 Å². The van der Waals surface area contributed by atoms with Gasteiger partial charge in [-0.3, -0.25) is 4.79 Å². The van der Waals surface area contributed by atoms with E-state index in [-0.39, 0.29) is 5.91 Å². The van der Waals surface area contributed by atoms with Gasteiger partial charge in [0.2, 0.25) is 0 Å². The first-order chi connectivity index (χ1) is 12.6. The summed E-state index contributed by atoms with van der Waals surface area (Å²) in [7, 11) is 1.93. The fourth-order valence-corrected chi connectivity index (χ4v) is 4.33. The van der Waals surface area contributed by atoms with Gasteiger partial charge < -0.3 is 9.47 Å². The number of benzene rings is 2. The van der Waals surface area contributed by atoms with Crippen LogP contribution < -0.4 is 0 Å². The fraction of sp³-hybridized carbons (Fsp3) is 0.348. The van der Waals surface area contributed by atoms with E-state index in [4.69, 9.17) is 0 Å². The number of hydrogen-bond donors (Lipinski definition) is 0. The molecular weight excluding hydrogens is 320 g/mol. The zero-order valence-corrected chi connectivity index (χ0v) is 15.9. The average molecular weight is 346 g/mol. The molecule has 134 valence electrons. The summed E-state index contributed by atoms with van der Waals surface area (Å²) in [4.78, 5) is 15.0. The van der Waals surface area contributed by atoms with Crippen molar-refractivity contribution in [3.8, 4) is 0 Å². The standard InChI is InChI=1S/C23H26N2O/c1-16-14-17(2)21-20(15-16)19-10-7-12-24(3)23(26)22(19)25(21)13-11-18-8-5-4-6-9-18/h4-6,8-9,14-15H,7,10-13H2,1-3H3. The summed E-state index contributed by atoms with van der Waals surface area (Å²) >= 11 is 0. The van der Waals surface area contributed by atoms with Gasteiger partial charge in [-0.25, -0.2) is 0 Å². The number of aromatic nitrogens is 1. The molecular formula is C23H26N2O. The van der Waals surface area contributed by atoms with Crippen LogP contribution >= 0.6 is 0 Å². The van der Waals surface area contributed by atoms with Gasteiger partial charge in [0.15, 0.2) is 0 Å². The molecule has 1 amide bonds. The summed E-state index contributed by atoms with van der Waals surface area (Å²) in [6.45, 7) is 5.98. The predicted octanol–water partition coefficient (Wildman–Crippen LogP) is 4.52. The van der Waals surface area contributed by atoms with Gasteiger partial charge in [-0.1, -0.05) is 42.0 Å². The molecule has 0 bridgehead atoms. The third kappa shape index (κ3) is 2.82. The number of hydrogen-bond acceptors (Lipinski definition) is 1. The molecule has 0 aliphatic carbocycles. The molecule has 4 rings (SSSR count). The molecule has 0 fully saturated rings. The van der Waals surface area contributed by atoms with Gasteiger partial charge in [0, 0.05) is 25.5 Å². The molecule has 0 saturated carbocycles. The van der Waals surface area contributed by atoms with Gasteiger partial charge in [0.25, 0.3) is 5.91 Å². The van der Waals surface area contributed by atoms with Crippen LogP contribution in [0.2, 0.25) is 0 Å². The number of aryl methyl sites for hydroxylation is 5. The first-order valence-electron chi connectivity index (χ1n) is 9.48. The van der Waals surface area contributed by atoms with Crippen molar-refractivity contribution in [1.29, 1.82) is 0 Å². The third-order valence-corrected chi connectivity index (χ3v) is 5.53. The molecule has 0 saturated heterocycles. The van der Waals surface area contributed by atoms with E-state index < -0.39 is 0 Å². The Morgan fingerprint density at radius 1 is 1.08 bits per heavy atom. The molecule has 2 heterocycles. The largest absolute Gasteiger partial charge is 0.340 e. The molecule has 0 atom stereocenters. The van der Waals surface area contributed by atoms with Crippen molar-refractivity contribution in [3.63, 3.8) is 0 Å². The highest BCUT2D eigenvalue weighted by molar-refractivity contribution is 6.03. The lowest BCUT2D eigenvalue weighted by Gasteiger charge is -2.17. The molecule has 0 spiro atoms. The Bertz CT molecular complexity index is 969. The minimum atomic E-state index is 0.166. The average Bonchev–Trinajstić information content (AvgIpc) is 2.85. The first kappa shape index (κ1) is 16.9. The van der Waals surface area contributed by atoms with E-state index in [1.807, 2.05) is 18.0 Å². The zero-order chi connectivity index (χ0) is 18.3. The smallest absolute Gasteiger partial charge is 0.270 e. The molecule has 1 aromatic heterocycles. The van der Waals surface area contributed by atoms with Crippen molar-refractivity contribution in [2.24, 2.45) is 0 Å². The number of carbonyl (C=O) groups is 1. The van der Waals surface area contributed by atoms with Gasteiger partial charge in [-0.2, -0.15) is 0 Å². The van der Waals surface area contributed by atoms with Crippen LogP contribution in [0.5, 0.6) is 0 Å². The van der Waals surface area contributed by atoms with Crippen LogP contribution in [-0.4, -0.2) is 29.0 Å². The number of rotatable bonds is 3. The maximum Gasteiger partial charge on any atom is 0.270 e. The zero-order valence-electron chi connectivity index (χ0n) is 15.9. The van der Waals surface area contributed by atoms with Crippen LogP contribution in [0.25, 0.3) is 10.9 Å². The molecule has 0 unspecified atom stereocenters. The number of carbonyl (C=O) groups excluding carboxylic acids is 1. The summed E-state index contributed by atoms with van der Waals surface area (Å²) in [5, 5.41) is 1.27. The maximum absolute atomic E-state index is 13.1. The molecule has 3 nitrogen and oxygen atoms in total. The molecule has 1 aliphatic heterocycles. The van der Waals surface area contributed by atoms with Crippen molar-refractivity contribution in [1.82, 2.24) is 9.47 Å². The minimum Gasteiger partial charge on any atom is -0.340 e. The van der Waals surface area contributed by atoms with Crippen molar-refractivity contribution in [2.45, 2.75) is 39.7 Å².